The minimum absolute atomic E-state index is 0.0231. The minimum atomic E-state index is -1.17. The van der Waals surface area contributed by atoms with Gasteiger partial charge in [0, 0.05) is 6.42 Å². The Balaban J connectivity index is 0. The lowest BCUT2D eigenvalue weighted by molar-refractivity contribution is -0.139. The maximum absolute atomic E-state index is 9.99. The Bertz CT molecular complexity index is 175. The van der Waals surface area contributed by atoms with Gasteiger partial charge in [0.05, 0.1) is 0 Å². The van der Waals surface area contributed by atoms with Crippen LogP contribution in [-0.4, -0.2) is 28.2 Å². The van der Waals surface area contributed by atoms with Gasteiger partial charge in [-0.1, -0.05) is 0 Å². The highest BCUT2D eigenvalue weighted by Gasteiger charge is 2.12. The predicted octanol–water partition coefficient (Wildman–Crippen LogP) is -0.487. The summed E-state index contributed by atoms with van der Waals surface area (Å²) in [6.07, 6.45) is 7.78. The van der Waals surface area contributed by atoms with Gasteiger partial charge in [0.2, 0.25) is 0 Å². The van der Waals surface area contributed by atoms with Gasteiger partial charge in [-0.15, -0.1) is 12.8 Å². The van der Waals surface area contributed by atoms with Gasteiger partial charge < -0.3 is 15.9 Å². The lowest BCUT2D eigenvalue weighted by Gasteiger charge is -2.01. The van der Waals surface area contributed by atoms with Gasteiger partial charge in [-0.3, -0.25) is 9.59 Å². The summed E-state index contributed by atoms with van der Waals surface area (Å²) < 4.78 is 0. The summed E-state index contributed by atoms with van der Waals surface area (Å²) in [5, 5.41) is 16.3. The highest BCUT2D eigenvalue weighted by atomic mass is 16.4. The predicted molar refractivity (Wildman–Crippen MR) is 42.4 cm³/mol. The quantitative estimate of drug-likeness (QED) is 0.498. The molecule has 12 heavy (non-hydrogen) atoms. The Hall–Kier alpha value is -1.54. The van der Waals surface area contributed by atoms with E-state index in [4.69, 9.17) is 15.9 Å². The molecule has 0 radical (unpaired) electrons. The van der Waals surface area contributed by atoms with Gasteiger partial charge in [0.15, 0.2) is 0 Å². The molecule has 0 aromatic rings. The molecule has 0 saturated carbocycles. The summed E-state index contributed by atoms with van der Waals surface area (Å²) >= 11 is 0. The van der Waals surface area contributed by atoms with E-state index in [0.717, 1.165) is 0 Å². The minimum Gasteiger partial charge on any atom is -0.481 e. The fourth-order valence-corrected chi connectivity index (χ4v) is 0.402. The Morgan fingerprint density at radius 1 is 1.33 bits per heavy atom. The zero-order chi connectivity index (χ0) is 10.1. The van der Waals surface area contributed by atoms with E-state index in [2.05, 4.69) is 12.8 Å². The Kier molecular flexibility index (Phi) is 8.25. The molecule has 0 bridgehead atoms. The number of carboxylic acid groups (broad SMARTS) is 2. The third-order valence-corrected chi connectivity index (χ3v) is 0.986. The third kappa shape index (κ3) is 8.46. The lowest BCUT2D eigenvalue weighted by atomic mass is 10.2. The van der Waals surface area contributed by atoms with E-state index in [1.807, 2.05) is 0 Å². The van der Waals surface area contributed by atoms with E-state index in [-0.39, 0.29) is 12.8 Å². The van der Waals surface area contributed by atoms with Gasteiger partial charge in [-0.2, -0.15) is 0 Å². The number of terminal acetylenes is 1. The van der Waals surface area contributed by atoms with Crippen molar-refractivity contribution >= 4 is 11.9 Å². The second-order valence-electron chi connectivity index (χ2n) is 1.88. The number of carbonyl (C=O) groups is 2. The van der Waals surface area contributed by atoms with Crippen molar-refractivity contribution in [3.63, 3.8) is 0 Å². The Labute approximate surface area is 70.2 Å². The number of carboxylic acids is 2. The highest BCUT2D eigenvalue weighted by molar-refractivity contribution is 5.74. The van der Waals surface area contributed by atoms with Crippen LogP contribution >= 0.6 is 0 Å². The zero-order valence-corrected chi connectivity index (χ0v) is 6.43. The van der Waals surface area contributed by atoms with Gasteiger partial charge in [-0.25, -0.2) is 0 Å². The maximum Gasteiger partial charge on any atom is 0.320 e. The van der Waals surface area contributed by atoms with Crippen LogP contribution < -0.4 is 5.73 Å². The molecular formula is C7H11NO4. The summed E-state index contributed by atoms with van der Waals surface area (Å²) in [7, 11) is 0. The molecule has 0 aromatic heterocycles. The second-order valence-corrected chi connectivity index (χ2v) is 1.88. The standard InChI is InChI=1S/C5H9NO4.C2H2/c6-3(5(9)10)1-2-4(7)8;1-2/h3H,1-2,6H2,(H,7,8)(H,9,10);1-2H/t3-;/m0./s1. The molecule has 0 aliphatic carbocycles. The molecule has 5 heteroatoms. The Morgan fingerprint density at radius 2 is 1.75 bits per heavy atom. The summed E-state index contributed by atoms with van der Waals surface area (Å²) in [6.45, 7) is 0. The molecule has 0 aromatic carbocycles. The van der Waals surface area contributed by atoms with E-state index in [9.17, 15) is 9.59 Å². The Morgan fingerprint density at radius 3 is 2.00 bits per heavy atom. The van der Waals surface area contributed by atoms with E-state index in [0.29, 0.717) is 0 Å². The van der Waals surface area contributed by atoms with Crippen molar-refractivity contribution in [3.8, 4) is 12.8 Å². The third-order valence-electron chi connectivity index (χ3n) is 0.986. The van der Waals surface area contributed by atoms with Crippen LogP contribution in [0.5, 0.6) is 0 Å². The number of aliphatic carboxylic acids is 2. The fourth-order valence-electron chi connectivity index (χ4n) is 0.402. The molecular weight excluding hydrogens is 162 g/mol. The first-order chi connectivity index (χ1) is 5.54. The molecule has 0 saturated heterocycles. The van der Waals surface area contributed by atoms with Gasteiger partial charge in [-0.05, 0) is 6.42 Å². The van der Waals surface area contributed by atoms with Gasteiger partial charge in [0.1, 0.15) is 6.04 Å². The van der Waals surface area contributed by atoms with Crippen LogP contribution in [0.3, 0.4) is 0 Å². The summed E-state index contributed by atoms with van der Waals surface area (Å²) in [5.74, 6) is -2.20. The van der Waals surface area contributed by atoms with Crippen molar-refractivity contribution in [1.29, 1.82) is 0 Å². The SMILES string of the molecule is C#C.N[C@@H](CCC(=O)O)C(=O)O. The number of nitrogens with two attached hydrogens (primary N) is 1. The van der Waals surface area contributed by atoms with E-state index in [1.165, 1.54) is 0 Å². The van der Waals surface area contributed by atoms with Gasteiger partial charge in [0.25, 0.3) is 0 Å². The molecule has 0 aliphatic heterocycles. The van der Waals surface area contributed by atoms with Crippen molar-refractivity contribution < 1.29 is 19.8 Å². The maximum atomic E-state index is 9.99. The van der Waals surface area contributed by atoms with Crippen molar-refractivity contribution in [1.82, 2.24) is 0 Å². The normalized spacial score (nSPS) is 10.6. The number of rotatable bonds is 4. The molecule has 0 rings (SSSR count). The summed E-state index contributed by atoms with van der Waals surface area (Å²) in [4.78, 5) is 19.9. The average molecular weight is 173 g/mol. The highest BCUT2D eigenvalue weighted by Crippen LogP contribution is 1.93. The van der Waals surface area contributed by atoms with Crippen molar-refractivity contribution in [2.75, 3.05) is 0 Å². The largest absolute Gasteiger partial charge is 0.481 e. The van der Waals surface area contributed by atoms with Crippen LogP contribution in [-0.2, 0) is 9.59 Å². The van der Waals surface area contributed by atoms with Crippen LogP contribution in [0.1, 0.15) is 12.8 Å². The van der Waals surface area contributed by atoms with Crippen molar-refractivity contribution in [2.24, 2.45) is 5.73 Å². The average Bonchev–Trinajstić information content (AvgIpc) is 2.03. The van der Waals surface area contributed by atoms with Crippen LogP contribution in [0.4, 0.5) is 0 Å². The van der Waals surface area contributed by atoms with E-state index >= 15 is 0 Å². The van der Waals surface area contributed by atoms with Crippen LogP contribution in [0.2, 0.25) is 0 Å². The number of hydrogen-bond donors (Lipinski definition) is 3. The monoisotopic (exact) mass is 173 g/mol. The topological polar surface area (TPSA) is 101 Å². The summed E-state index contributed by atoms with van der Waals surface area (Å²) in [6, 6.07) is -1.06. The van der Waals surface area contributed by atoms with E-state index < -0.39 is 18.0 Å². The molecule has 0 heterocycles. The molecule has 0 amide bonds. The van der Waals surface area contributed by atoms with Crippen LogP contribution in [0.15, 0.2) is 0 Å². The molecule has 4 N–H and O–H groups in total. The molecule has 0 fully saturated rings. The molecule has 5 nitrogen and oxygen atoms in total. The molecule has 0 unspecified atom stereocenters. The molecule has 0 spiro atoms. The van der Waals surface area contributed by atoms with Gasteiger partial charge >= 0.3 is 11.9 Å². The summed E-state index contributed by atoms with van der Waals surface area (Å²) in [5.41, 5.74) is 5.00. The molecule has 1 atom stereocenters. The molecule has 68 valence electrons. The first kappa shape index (κ1) is 13.1. The smallest absolute Gasteiger partial charge is 0.320 e. The van der Waals surface area contributed by atoms with Crippen LogP contribution in [0.25, 0.3) is 0 Å². The number of hydrogen-bond acceptors (Lipinski definition) is 3. The first-order valence-corrected chi connectivity index (χ1v) is 3.07. The molecule has 0 aliphatic rings. The lowest BCUT2D eigenvalue weighted by Crippen LogP contribution is -2.30. The zero-order valence-electron chi connectivity index (χ0n) is 6.43. The fraction of sp³-hybridized carbons (Fsp3) is 0.429. The van der Waals surface area contributed by atoms with Crippen LogP contribution in [0, 0.1) is 12.8 Å². The van der Waals surface area contributed by atoms with Crippen molar-refractivity contribution in [3.05, 3.63) is 0 Å². The van der Waals surface area contributed by atoms with Crippen molar-refractivity contribution in [2.45, 2.75) is 18.9 Å². The second kappa shape index (κ2) is 7.57. The van der Waals surface area contributed by atoms with E-state index in [1.54, 1.807) is 0 Å². The first-order valence-electron chi connectivity index (χ1n) is 3.07.